The van der Waals surface area contributed by atoms with Gasteiger partial charge in [-0.1, -0.05) is 42.5 Å². The number of aliphatic hydroxyl groups is 1. The highest BCUT2D eigenvalue weighted by Crippen LogP contribution is 2.26. The summed E-state index contributed by atoms with van der Waals surface area (Å²) in [6, 6.07) is 12.6. The Balaban J connectivity index is 1.32. The maximum absolute atomic E-state index is 9.99. The summed E-state index contributed by atoms with van der Waals surface area (Å²) in [5, 5.41) is 9.99. The highest BCUT2D eigenvalue weighted by Gasteiger charge is 2.31. The molecule has 3 N–H and O–H groups in total. The first-order chi connectivity index (χ1) is 14.2. The van der Waals surface area contributed by atoms with Crippen LogP contribution >= 0.6 is 0 Å². The lowest BCUT2D eigenvalue weighted by Crippen LogP contribution is -2.46. The summed E-state index contributed by atoms with van der Waals surface area (Å²) >= 11 is 0. The van der Waals surface area contributed by atoms with Crippen LogP contribution < -0.4 is 15.5 Å². The van der Waals surface area contributed by atoms with E-state index >= 15 is 0 Å². The van der Waals surface area contributed by atoms with E-state index in [1.807, 2.05) is 12.1 Å². The lowest BCUT2D eigenvalue weighted by molar-refractivity contribution is 0.194. The van der Waals surface area contributed by atoms with Crippen molar-refractivity contribution in [2.75, 3.05) is 55.6 Å². The SMILES string of the molecule is NC[C@H]1C[C@@H](O)CN1c1cc(N2CCN(C/C=C/c3ccccc3)CC2)ncn1. The van der Waals surface area contributed by atoms with Crippen LogP contribution in [-0.2, 0) is 0 Å². The molecule has 0 saturated carbocycles. The van der Waals surface area contributed by atoms with Gasteiger partial charge in [0.15, 0.2) is 0 Å². The minimum atomic E-state index is -0.338. The van der Waals surface area contributed by atoms with Crippen LogP contribution in [0.4, 0.5) is 11.6 Å². The quantitative estimate of drug-likeness (QED) is 0.762. The molecule has 2 fully saturated rings. The van der Waals surface area contributed by atoms with Crippen LogP contribution in [0, 0.1) is 0 Å². The number of β-amino-alcohol motifs (C(OH)–C–C–N with tert-alkyl or cyclic N) is 1. The first-order valence-electron chi connectivity index (χ1n) is 10.4. The maximum atomic E-state index is 9.99. The van der Waals surface area contributed by atoms with Crippen molar-refractivity contribution < 1.29 is 5.11 Å². The Morgan fingerprint density at radius 2 is 1.83 bits per heavy atom. The van der Waals surface area contributed by atoms with Crippen LogP contribution in [0.1, 0.15) is 12.0 Å². The molecule has 154 valence electrons. The number of nitrogens with two attached hydrogens (primary N) is 1. The molecule has 0 radical (unpaired) electrons. The van der Waals surface area contributed by atoms with Gasteiger partial charge in [-0.15, -0.1) is 0 Å². The standard InChI is InChI=1S/C22H30N6O/c23-15-19-13-20(29)16-28(19)22-14-21(24-17-25-22)27-11-9-26(10-12-27)8-4-7-18-5-2-1-3-6-18/h1-7,14,17,19-20,29H,8-13,15-16,23H2/b7-4+/t19-,20-/m1/s1. The van der Waals surface area contributed by atoms with E-state index in [4.69, 9.17) is 5.73 Å². The topological polar surface area (TPSA) is 81.8 Å². The van der Waals surface area contributed by atoms with Gasteiger partial charge in [0.25, 0.3) is 0 Å². The van der Waals surface area contributed by atoms with Crippen LogP contribution in [0.25, 0.3) is 6.08 Å². The van der Waals surface area contributed by atoms with E-state index in [0.717, 1.165) is 44.4 Å². The predicted molar refractivity (Wildman–Crippen MR) is 117 cm³/mol. The fourth-order valence-electron chi connectivity index (χ4n) is 4.12. The summed E-state index contributed by atoms with van der Waals surface area (Å²) in [6.07, 6.45) is 6.40. The van der Waals surface area contributed by atoms with E-state index in [1.54, 1.807) is 6.33 Å². The first kappa shape index (κ1) is 19.8. The van der Waals surface area contributed by atoms with Gasteiger partial charge in [-0.3, -0.25) is 4.90 Å². The fourth-order valence-corrected chi connectivity index (χ4v) is 4.12. The van der Waals surface area contributed by atoms with Crippen molar-refractivity contribution in [3.63, 3.8) is 0 Å². The number of nitrogens with zero attached hydrogens (tertiary/aromatic N) is 5. The van der Waals surface area contributed by atoms with Crippen LogP contribution in [0.3, 0.4) is 0 Å². The molecule has 4 rings (SSSR count). The number of anilines is 2. The summed E-state index contributed by atoms with van der Waals surface area (Å²) in [5.41, 5.74) is 7.12. The van der Waals surface area contributed by atoms with Gasteiger partial charge in [0.1, 0.15) is 18.0 Å². The highest BCUT2D eigenvalue weighted by atomic mass is 16.3. The zero-order chi connectivity index (χ0) is 20.1. The number of aliphatic hydroxyl groups excluding tert-OH is 1. The van der Waals surface area contributed by atoms with Gasteiger partial charge in [-0.25, -0.2) is 9.97 Å². The largest absolute Gasteiger partial charge is 0.391 e. The average Bonchev–Trinajstić information content (AvgIpc) is 3.16. The molecule has 7 nitrogen and oxygen atoms in total. The molecule has 0 bridgehead atoms. The molecule has 2 aromatic rings. The lowest BCUT2D eigenvalue weighted by atomic mass is 10.2. The van der Waals surface area contributed by atoms with Gasteiger partial charge in [0.05, 0.1) is 6.10 Å². The molecular weight excluding hydrogens is 364 g/mol. The Labute approximate surface area is 172 Å². The zero-order valence-corrected chi connectivity index (χ0v) is 16.8. The van der Waals surface area contributed by atoms with Crippen molar-refractivity contribution in [2.24, 2.45) is 5.73 Å². The average molecular weight is 395 g/mol. The summed E-state index contributed by atoms with van der Waals surface area (Å²) in [6.45, 7) is 5.96. The Morgan fingerprint density at radius 3 is 2.59 bits per heavy atom. The van der Waals surface area contributed by atoms with Crippen LogP contribution in [0.2, 0.25) is 0 Å². The second kappa shape index (κ2) is 9.35. The zero-order valence-electron chi connectivity index (χ0n) is 16.8. The Morgan fingerprint density at radius 1 is 1.07 bits per heavy atom. The molecule has 0 aliphatic carbocycles. The van der Waals surface area contributed by atoms with E-state index < -0.39 is 0 Å². The van der Waals surface area contributed by atoms with Crippen molar-refractivity contribution in [3.05, 3.63) is 54.4 Å². The molecule has 0 unspecified atom stereocenters. The molecule has 29 heavy (non-hydrogen) atoms. The third-order valence-electron chi connectivity index (χ3n) is 5.77. The molecule has 1 aromatic heterocycles. The molecule has 2 aliphatic heterocycles. The maximum Gasteiger partial charge on any atom is 0.134 e. The summed E-state index contributed by atoms with van der Waals surface area (Å²) in [4.78, 5) is 15.8. The number of benzene rings is 1. The Hall–Kier alpha value is -2.48. The van der Waals surface area contributed by atoms with Gasteiger partial charge in [0, 0.05) is 57.9 Å². The second-order valence-electron chi connectivity index (χ2n) is 7.77. The predicted octanol–water partition coefficient (Wildman–Crippen LogP) is 1.21. The number of hydrogen-bond acceptors (Lipinski definition) is 7. The molecule has 2 saturated heterocycles. The van der Waals surface area contributed by atoms with Crippen molar-refractivity contribution in [2.45, 2.75) is 18.6 Å². The number of hydrogen-bond donors (Lipinski definition) is 2. The molecule has 0 amide bonds. The van der Waals surface area contributed by atoms with Gasteiger partial charge < -0.3 is 20.6 Å². The first-order valence-corrected chi connectivity index (χ1v) is 10.4. The smallest absolute Gasteiger partial charge is 0.134 e. The lowest BCUT2D eigenvalue weighted by Gasteiger charge is -2.35. The minimum absolute atomic E-state index is 0.140. The van der Waals surface area contributed by atoms with Gasteiger partial charge in [0.2, 0.25) is 0 Å². The van der Waals surface area contributed by atoms with Crippen molar-refractivity contribution in [1.29, 1.82) is 0 Å². The minimum Gasteiger partial charge on any atom is -0.391 e. The number of aromatic nitrogens is 2. The van der Waals surface area contributed by atoms with E-state index in [9.17, 15) is 5.11 Å². The Kier molecular flexibility index (Phi) is 6.39. The Bertz CT molecular complexity index is 806. The van der Waals surface area contributed by atoms with Crippen molar-refractivity contribution in [1.82, 2.24) is 14.9 Å². The number of rotatable bonds is 6. The molecule has 7 heteroatoms. The van der Waals surface area contributed by atoms with Crippen LogP contribution in [0.5, 0.6) is 0 Å². The fraction of sp³-hybridized carbons (Fsp3) is 0.455. The summed E-state index contributed by atoms with van der Waals surface area (Å²) < 4.78 is 0. The van der Waals surface area contributed by atoms with Gasteiger partial charge >= 0.3 is 0 Å². The second-order valence-corrected chi connectivity index (χ2v) is 7.77. The van der Waals surface area contributed by atoms with Crippen molar-refractivity contribution in [3.8, 4) is 0 Å². The summed E-state index contributed by atoms with van der Waals surface area (Å²) in [5.74, 6) is 1.81. The molecule has 2 atom stereocenters. The van der Waals surface area contributed by atoms with E-state index in [-0.39, 0.29) is 12.1 Å². The monoisotopic (exact) mass is 394 g/mol. The van der Waals surface area contributed by atoms with E-state index in [0.29, 0.717) is 19.5 Å². The normalized spacial score (nSPS) is 23.2. The van der Waals surface area contributed by atoms with Crippen molar-refractivity contribution >= 4 is 17.7 Å². The molecule has 2 aliphatic rings. The third kappa shape index (κ3) is 4.93. The number of piperazine rings is 1. The molecule has 0 spiro atoms. The summed E-state index contributed by atoms with van der Waals surface area (Å²) in [7, 11) is 0. The van der Waals surface area contributed by atoms with E-state index in [2.05, 4.69) is 61.1 Å². The highest BCUT2D eigenvalue weighted by molar-refractivity contribution is 5.52. The molecule has 3 heterocycles. The molecule has 1 aromatic carbocycles. The van der Waals surface area contributed by atoms with Gasteiger partial charge in [-0.2, -0.15) is 0 Å². The van der Waals surface area contributed by atoms with Crippen LogP contribution in [0.15, 0.2) is 48.8 Å². The van der Waals surface area contributed by atoms with Gasteiger partial charge in [-0.05, 0) is 12.0 Å². The van der Waals surface area contributed by atoms with Crippen LogP contribution in [-0.4, -0.2) is 77.9 Å². The third-order valence-corrected chi connectivity index (χ3v) is 5.77. The molecular formula is C22H30N6O. The van der Waals surface area contributed by atoms with E-state index in [1.165, 1.54) is 5.56 Å².